The van der Waals surface area contributed by atoms with Gasteiger partial charge in [-0.25, -0.2) is 8.78 Å². The first-order valence-corrected chi connectivity index (χ1v) is 18.8. The van der Waals surface area contributed by atoms with Crippen LogP contribution in [0.25, 0.3) is 49.5 Å². The van der Waals surface area contributed by atoms with Crippen molar-refractivity contribution >= 4 is 44.1 Å². The van der Waals surface area contributed by atoms with E-state index in [1.165, 1.54) is 16.8 Å². The average Bonchev–Trinajstić information content (AvgIpc) is 3.50. The number of benzene rings is 7. The zero-order valence-electron chi connectivity index (χ0n) is 29.9. The molecule has 3 nitrogen and oxygen atoms in total. The van der Waals surface area contributed by atoms with Crippen molar-refractivity contribution in [2.24, 2.45) is 0 Å². The number of nitrogens with zero attached hydrogens (tertiary/aromatic N) is 1. The van der Waals surface area contributed by atoms with Gasteiger partial charge in [0.15, 0.2) is 5.60 Å². The molecule has 2 aliphatic heterocycles. The van der Waals surface area contributed by atoms with Crippen molar-refractivity contribution in [2.75, 3.05) is 31.2 Å². The molecule has 0 aromatic heterocycles. The smallest absolute Gasteiger partial charge is 0.178 e. The number of halogens is 2. The zero-order valence-corrected chi connectivity index (χ0v) is 29.9. The summed E-state index contributed by atoms with van der Waals surface area (Å²) in [5.41, 5.74) is 6.74. The van der Waals surface area contributed by atoms with Gasteiger partial charge < -0.3 is 14.4 Å². The number of ether oxygens (including phenoxy) is 2. The maximum absolute atomic E-state index is 15.4. The van der Waals surface area contributed by atoms with Gasteiger partial charge in [-0.2, -0.15) is 0 Å². The number of rotatable bonds is 5. The summed E-state index contributed by atoms with van der Waals surface area (Å²) in [5, 5.41) is 6.27. The lowest BCUT2D eigenvalue weighted by Crippen LogP contribution is -2.37. The fourth-order valence-electron chi connectivity index (χ4n) is 9.59. The van der Waals surface area contributed by atoms with Gasteiger partial charge in [0, 0.05) is 46.3 Å². The molecule has 1 aliphatic carbocycles. The Morgan fingerprint density at radius 2 is 1.36 bits per heavy atom. The first-order chi connectivity index (χ1) is 25.9. The Kier molecular flexibility index (Phi) is 7.29. The van der Waals surface area contributed by atoms with E-state index in [-0.39, 0.29) is 11.6 Å². The minimum Gasteiger partial charge on any atom is -0.472 e. The molecule has 10 rings (SSSR count). The fraction of sp³-hybridized carbons (Fsp3) is 0.208. The van der Waals surface area contributed by atoms with Crippen molar-refractivity contribution in [1.82, 2.24) is 0 Å². The molecule has 0 radical (unpaired) electrons. The van der Waals surface area contributed by atoms with Gasteiger partial charge in [-0.05, 0) is 111 Å². The topological polar surface area (TPSA) is 21.7 Å². The lowest BCUT2D eigenvalue weighted by atomic mass is 9.71. The summed E-state index contributed by atoms with van der Waals surface area (Å²) in [4.78, 5) is 2.35. The Hall–Kier alpha value is -5.52. The van der Waals surface area contributed by atoms with Crippen molar-refractivity contribution in [1.29, 1.82) is 0 Å². The Labute approximate surface area is 308 Å². The summed E-state index contributed by atoms with van der Waals surface area (Å²) < 4.78 is 43.7. The zero-order chi connectivity index (χ0) is 35.9. The highest BCUT2D eigenvalue weighted by molar-refractivity contribution is 6.09. The van der Waals surface area contributed by atoms with Crippen molar-refractivity contribution in [2.45, 2.75) is 37.7 Å². The van der Waals surface area contributed by atoms with E-state index in [4.69, 9.17) is 9.47 Å². The number of hydrogen-bond donors (Lipinski definition) is 0. The molecule has 262 valence electrons. The molecule has 5 heteroatoms. The summed E-state index contributed by atoms with van der Waals surface area (Å²) in [6, 6.07) is 38.3. The Bertz CT molecular complexity index is 2640. The summed E-state index contributed by atoms with van der Waals surface area (Å²) in [6.07, 6.45) is 5.96. The molecule has 0 spiro atoms. The van der Waals surface area contributed by atoms with Gasteiger partial charge in [0.25, 0.3) is 0 Å². The number of hydrogen-bond acceptors (Lipinski definition) is 3. The van der Waals surface area contributed by atoms with Crippen LogP contribution in [-0.2, 0) is 15.8 Å². The van der Waals surface area contributed by atoms with Gasteiger partial charge in [-0.1, -0.05) is 92.7 Å². The van der Waals surface area contributed by atoms with Crippen molar-refractivity contribution in [3.8, 4) is 16.9 Å². The van der Waals surface area contributed by atoms with Crippen LogP contribution in [0.1, 0.15) is 54.5 Å². The van der Waals surface area contributed by atoms with Gasteiger partial charge in [0.05, 0.1) is 13.2 Å². The molecule has 1 unspecified atom stereocenters. The largest absolute Gasteiger partial charge is 0.472 e. The molecule has 1 saturated heterocycles. The Morgan fingerprint density at radius 1 is 0.660 bits per heavy atom. The van der Waals surface area contributed by atoms with Crippen LogP contribution in [-0.4, -0.2) is 26.3 Å². The minimum absolute atomic E-state index is 0.248. The summed E-state index contributed by atoms with van der Waals surface area (Å²) in [7, 11) is 0. The molecule has 0 N–H and O–H groups in total. The minimum atomic E-state index is -1.03. The predicted octanol–water partition coefficient (Wildman–Crippen LogP) is 11.7. The van der Waals surface area contributed by atoms with Gasteiger partial charge in [-0.3, -0.25) is 0 Å². The van der Waals surface area contributed by atoms with Crippen molar-refractivity contribution in [3.63, 3.8) is 0 Å². The summed E-state index contributed by atoms with van der Waals surface area (Å²) >= 11 is 0. The third kappa shape index (κ3) is 4.66. The van der Waals surface area contributed by atoms with E-state index in [9.17, 15) is 0 Å². The van der Waals surface area contributed by atoms with E-state index in [0.29, 0.717) is 24.3 Å². The molecule has 2 heterocycles. The molecule has 0 saturated carbocycles. The van der Waals surface area contributed by atoms with E-state index in [1.54, 1.807) is 18.2 Å². The first-order valence-electron chi connectivity index (χ1n) is 18.8. The molecule has 53 heavy (non-hydrogen) atoms. The van der Waals surface area contributed by atoms with Crippen LogP contribution in [0.3, 0.4) is 0 Å². The monoisotopic (exact) mass is 699 g/mol. The van der Waals surface area contributed by atoms with Gasteiger partial charge in [-0.15, -0.1) is 0 Å². The van der Waals surface area contributed by atoms with Crippen LogP contribution >= 0.6 is 0 Å². The van der Waals surface area contributed by atoms with Crippen LogP contribution < -0.4 is 9.64 Å². The van der Waals surface area contributed by atoms with Crippen LogP contribution in [0.15, 0.2) is 121 Å². The van der Waals surface area contributed by atoms with Gasteiger partial charge in [0.1, 0.15) is 17.4 Å². The Balaban J connectivity index is 1.25. The third-order valence-electron chi connectivity index (χ3n) is 12.3. The molecule has 0 bridgehead atoms. The van der Waals surface area contributed by atoms with E-state index in [1.807, 2.05) is 12.1 Å². The SMILES string of the molecule is CCC1(CC)c2cc(F)ccc2-c2c1c1c(c3cc(F)ccc23)OC(c2ccc(N3CCOCC3)cc2)(c2ccc3ccc4ccccc4c3c2)C=C1. The van der Waals surface area contributed by atoms with Gasteiger partial charge >= 0.3 is 0 Å². The molecule has 1 atom stereocenters. The third-order valence-corrected chi connectivity index (χ3v) is 12.3. The van der Waals surface area contributed by atoms with Crippen LogP contribution in [0.2, 0.25) is 0 Å². The van der Waals surface area contributed by atoms with Crippen molar-refractivity contribution < 1.29 is 18.3 Å². The molecule has 7 aromatic rings. The molecular formula is C48H39F2NO2. The highest BCUT2D eigenvalue weighted by Crippen LogP contribution is 2.60. The first kappa shape index (κ1) is 32.2. The lowest BCUT2D eigenvalue weighted by Gasteiger charge is -2.39. The molecule has 3 aliphatic rings. The second kappa shape index (κ2) is 12.0. The van der Waals surface area contributed by atoms with Crippen molar-refractivity contribution in [3.05, 3.63) is 161 Å². The Morgan fingerprint density at radius 3 is 2.15 bits per heavy atom. The van der Waals surface area contributed by atoms with Crippen LogP contribution in [0.4, 0.5) is 14.5 Å². The molecular weight excluding hydrogens is 661 g/mol. The predicted molar refractivity (Wildman–Crippen MR) is 212 cm³/mol. The number of morpholine rings is 1. The lowest BCUT2D eigenvalue weighted by molar-refractivity contribution is 0.122. The summed E-state index contributed by atoms with van der Waals surface area (Å²) in [5.74, 6) is 0.0720. The molecule has 0 amide bonds. The number of anilines is 1. The second-order valence-electron chi connectivity index (χ2n) is 14.7. The van der Waals surface area contributed by atoms with Gasteiger partial charge in [0.2, 0.25) is 0 Å². The quantitative estimate of drug-likeness (QED) is 0.167. The second-order valence-corrected chi connectivity index (χ2v) is 14.7. The standard InChI is InChI=1S/C48H39F2NO2/c1-3-47(4-2)43-29-35(50)16-20-39(43)44-38-19-15-34(49)28-42(38)46-40(45(44)47)21-22-48(53-46,32-13-17-36(18-14-32)51-23-25-52-26-24-51)33-12-11-31-10-9-30-7-5-6-8-37(30)41(31)27-33/h5-22,27-29H,3-4,23-26H2,1-2H3. The van der Waals surface area contributed by atoms with Crippen LogP contribution in [0.5, 0.6) is 5.75 Å². The maximum atomic E-state index is 15.4. The highest BCUT2D eigenvalue weighted by Gasteiger charge is 2.47. The summed E-state index contributed by atoms with van der Waals surface area (Å²) in [6.45, 7) is 7.47. The van der Waals surface area contributed by atoms with E-state index >= 15 is 8.78 Å². The molecule has 7 aromatic carbocycles. The van der Waals surface area contributed by atoms with Crippen LogP contribution in [0, 0.1) is 11.6 Å². The van der Waals surface area contributed by atoms with E-state index < -0.39 is 11.0 Å². The highest BCUT2D eigenvalue weighted by atomic mass is 19.1. The van der Waals surface area contributed by atoms with E-state index in [0.717, 1.165) is 86.7 Å². The normalized spacial score (nSPS) is 18.6. The molecule has 1 fully saturated rings. The van der Waals surface area contributed by atoms with E-state index in [2.05, 4.69) is 110 Å². The maximum Gasteiger partial charge on any atom is 0.178 e. The number of fused-ring (bicyclic) bond motifs is 11. The average molecular weight is 700 g/mol. The fourth-order valence-corrected chi connectivity index (χ4v) is 9.59.